The Morgan fingerprint density at radius 1 is 1.19 bits per heavy atom. The van der Waals surface area contributed by atoms with Crippen LogP contribution in [-0.2, 0) is 11.3 Å². The molecule has 0 aliphatic carbocycles. The molecule has 7 nitrogen and oxygen atoms in total. The SMILES string of the molecule is Cc1cnn(-c2ccc(C(=O)O)cc2NC(=O)OCc2ccccc2)c1. The van der Waals surface area contributed by atoms with E-state index in [1.54, 1.807) is 23.1 Å². The molecule has 3 aromatic rings. The van der Waals surface area contributed by atoms with Crippen LogP contribution < -0.4 is 5.32 Å². The van der Waals surface area contributed by atoms with Gasteiger partial charge in [0, 0.05) is 6.20 Å². The van der Waals surface area contributed by atoms with E-state index in [0.29, 0.717) is 11.4 Å². The number of carboxylic acids is 1. The number of nitrogens with zero attached hydrogens (tertiary/aromatic N) is 2. The van der Waals surface area contributed by atoms with Gasteiger partial charge in [0.2, 0.25) is 0 Å². The number of carboxylic acid groups (broad SMARTS) is 1. The summed E-state index contributed by atoms with van der Waals surface area (Å²) >= 11 is 0. The molecule has 0 fully saturated rings. The van der Waals surface area contributed by atoms with Gasteiger partial charge >= 0.3 is 12.1 Å². The number of carbonyl (C=O) groups excluding carboxylic acids is 1. The molecule has 0 aliphatic rings. The van der Waals surface area contributed by atoms with Crippen LogP contribution in [0.3, 0.4) is 0 Å². The molecule has 0 radical (unpaired) electrons. The number of ether oxygens (including phenoxy) is 1. The number of benzene rings is 2. The van der Waals surface area contributed by atoms with Gasteiger partial charge in [-0.25, -0.2) is 14.3 Å². The van der Waals surface area contributed by atoms with Gasteiger partial charge in [0.25, 0.3) is 0 Å². The molecule has 7 heteroatoms. The fraction of sp³-hybridized carbons (Fsp3) is 0.105. The summed E-state index contributed by atoms with van der Waals surface area (Å²) in [6, 6.07) is 13.7. The van der Waals surface area contributed by atoms with Crippen LogP contribution >= 0.6 is 0 Å². The molecule has 26 heavy (non-hydrogen) atoms. The predicted molar refractivity (Wildman–Crippen MR) is 95.5 cm³/mol. The van der Waals surface area contributed by atoms with E-state index in [1.165, 1.54) is 12.1 Å². The van der Waals surface area contributed by atoms with Crippen molar-refractivity contribution in [2.75, 3.05) is 5.32 Å². The summed E-state index contributed by atoms with van der Waals surface area (Å²) in [4.78, 5) is 23.4. The van der Waals surface area contributed by atoms with E-state index < -0.39 is 12.1 Å². The van der Waals surface area contributed by atoms with Gasteiger partial charge in [-0.05, 0) is 36.2 Å². The molecule has 1 amide bonds. The predicted octanol–water partition coefficient (Wildman–Crippen LogP) is 3.63. The van der Waals surface area contributed by atoms with Crippen molar-refractivity contribution in [1.82, 2.24) is 9.78 Å². The number of hydrogen-bond donors (Lipinski definition) is 2. The van der Waals surface area contributed by atoms with E-state index in [-0.39, 0.29) is 12.2 Å². The van der Waals surface area contributed by atoms with Crippen molar-refractivity contribution in [3.05, 3.63) is 77.6 Å². The molecule has 0 unspecified atom stereocenters. The van der Waals surface area contributed by atoms with Gasteiger partial charge in [-0.1, -0.05) is 30.3 Å². The summed E-state index contributed by atoms with van der Waals surface area (Å²) in [5.41, 5.74) is 2.68. The molecule has 0 atom stereocenters. The first kappa shape index (κ1) is 17.2. The maximum Gasteiger partial charge on any atom is 0.412 e. The van der Waals surface area contributed by atoms with Gasteiger partial charge < -0.3 is 9.84 Å². The summed E-state index contributed by atoms with van der Waals surface area (Å²) in [5, 5.41) is 16.0. The zero-order chi connectivity index (χ0) is 18.5. The molecule has 0 bridgehead atoms. The lowest BCUT2D eigenvalue weighted by molar-refractivity contribution is 0.0696. The highest BCUT2D eigenvalue weighted by atomic mass is 16.5. The quantitative estimate of drug-likeness (QED) is 0.732. The Bertz CT molecular complexity index is 935. The van der Waals surface area contributed by atoms with Crippen molar-refractivity contribution in [3.8, 4) is 5.69 Å². The van der Waals surface area contributed by atoms with Gasteiger partial charge in [-0.15, -0.1) is 0 Å². The molecule has 1 aromatic heterocycles. The smallest absolute Gasteiger partial charge is 0.412 e. The highest BCUT2D eigenvalue weighted by Crippen LogP contribution is 2.22. The third-order valence-electron chi connectivity index (χ3n) is 3.65. The Balaban J connectivity index is 1.81. The number of nitrogens with one attached hydrogen (secondary N) is 1. The molecule has 132 valence electrons. The van der Waals surface area contributed by atoms with E-state index in [2.05, 4.69) is 10.4 Å². The summed E-state index contributed by atoms with van der Waals surface area (Å²) in [6.07, 6.45) is 2.76. The van der Waals surface area contributed by atoms with Crippen LogP contribution in [0, 0.1) is 6.92 Å². The van der Waals surface area contributed by atoms with Crippen LogP contribution in [0.1, 0.15) is 21.5 Å². The van der Waals surface area contributed by atoms with Crippen molar-refractivity contribution >= 4 is 17.7 Å². The van der Waals surface area contributed by atoms with Gasteiger partial charge in [0.15, 0.2) is 0 Å². The molecular weight excluding hydrogens is 334 g/mol. The Morgan fingerprint density at radius 3 is 2.62 bits per heavy atom. The first-order valence-corrected chi connectivity index (χ1v) is 7.89. The Kier molecular flexibility index (Phi) is 4.98. The molecule has 2 aromatic carbocycles. The van der Waals surface area contributed by atoms with Crippen LogP contribution in [0.15, 0.2) is 60.9 Å². The van der Waals surface area contributed by atoms with E-state index in [0.717, 1.165) is 11.1 Å². The van der Waals surface area contributed by atoms with E-state index in [9.17, 15) is 14.7 Å². The monoisotopic (exact) mass is 351 g/mol. The second-order valence-electron chi connectivity index (χ2n) is 5.69. The number of anilines is 1. The van der Waals surface area contributed by atoms with Crippen LogP contribution in [0.4, 0.5) is 10.5 Å². The standard InChI is InChI=1S/C19H17N3O4/c1-13-10-20-22(11-13)17-8-7-15(18(23)24)9-16(17)21-19(25)26-12-14-5-3-2-4-6-14/h2-11H,12H2,1H3,(H,21,25)(H,23,24). The Morgan fingerprint density at radius 2 is 1.96 bits per heavy atom. The number of rotatable bonds is 5. The topological polar surface area (TPSA) is 93.5 Å². The number of aromatic carboxylic acids is 1. The van der Waals surface area contributed by atoms with E-state index in [4.69, 9.17) is 4.74 Å². The summed E-state index contributed by atoms with van der Waals surface area (Å²) < 4.78 is 6.76. The third kappa shape index (κ3) is 4.07. The second-order valence-corrected chi connectivity index (χ2v) is 5.69. The largest absolute Gasteiger partial charge is 0.478 e. The molecule has 1 heterocycles. The van der Waals surface area contributed by atoms with Crippen LogP contribution in [0.5, 0.6) is 0 Å². The lowest BCUT2D eigenvalue weighted by Gasteiger charge is -2.12. The lowest BCUT2D eigenvalue weighted by Crippen LogP contribution is -2.16. The van der Waals surface area contributed by atoms with Crippen molar-refractivity contribution in [2.45, 2.75) is 13.5 Å². The zero-order valence-electron chi connectivity index (χ0n) is 14.0. The van der Waals surface area contributed by atoms with Crippen molar-refractivity contribution < 1.29 is 19.4 Å². The average molecular weight is 351 g/mol. The molecule has 3 rings (SSSR count). The maximum absolute atomic E-state index is 12.1. The minimum Gasteiger partial charge on any atom is -0.478 e. The summed E-state index contributed by atoms with van der Waals surface area (Å²) in [5.74, 6) is -1.09. The highest BCUT2D eigenvalue weighted by Gasteiger charge is 2.14. The minimum absolute atomic E-state index is 0.0518. The van der Waals surface area contributed by atoms with Crippen LogP contribution in [0.2, 0.25) is 0 Å². The maximum atomic E-state index is 12.1. The minimum atomic E-state index is -1.09. The number of hydrogen-bond acceptors (Lipinski definition) is 4. The number of aryl methyl sites for hydroxylation is 1. The first-order chi connectivity index (χ1) is 12.5. The fourth-order valence-corrected chi connectivity index (χ4v) is 2.38. The van der Waals surface area contributed by atoms with E-state index in [1.807, 2.05) is 37.3 Å². The number of carbonyl (C=O) groups is 2. The van der Waals surface area contributed by atoms with Crippen molar-refractivity contribution in [2.24, 2.45) is 0 Å². The molecule has 0 saturated carbocycles. The molecule has 2 N–H and O–H groups in total. The number of amides is 1. The Labute approximate surface area is 149 Å². The lowest BCUT2D eigenvalue weighted by atomic mass is 10.1. The molecule has 0 spiro atoms. The normalized spacial score (nSPS) is 10.3. The number of aromatic nitrogens is 2. The molecule has 0 saturated heterocycles. The summed E-state index contributed by atoms with van der Waals surface area (Å²) in [7, 11) is 0. The molecular formula is C19H17N3O4. The average Bonchev–Trinajstić information content (AvgIpc) is 3.07. The summed E-state index contributed by atoms with van der Waals surface area (Å²) in [6.45, 7) is 2.00. The molecule has 0 aliphatic heterocycles. The van der Waals surface area contributed by atoms with Crippen molar-refractivity contribution in [1.29, 1.82) is 0 Å². The second kappa shape index (κ2) is 7.52. The fourth-order valence-electron chi connectivity index (χ4n) is 2.38. The Hall–Kier alpha value is -3.61. The van der Waals surface area contributed by atoms with Gasteiger partial charge in [0.1, 0.15) is 6.61 Å². The van der Waals surface area contributed by atoms with Gasteiger partial charge in [-0.2, -0.15) is 5.10 Å². The van der Waals surface area contributed by atoms with Crippen LogP contribution in [-0.4, -0.2) is 26.9 Å². The van der Waals surface area contributed by atoms with Crippen molar-refractivity contribution in [3.63, 3.8) is 0 Å². The third-order valence-corrected chi connectivity index (χ3v) is 3.65. The van der Waals surface area contributed by atoms with E-state index >= 15 is 0 Å². The zero-order valence-corrected chi connectivity index (χ0v) is 14.0. The van der Waals surface area contributed by atoms with Gasteiger partial charge in [-0.3, -0.25) is 5.32 Å². The first-order valence-electron chi connectivity index (χ1n) is 7.89. The van der Waals surface area contributed by atoms with Crippen LogP contribution in [0.25, 0.3) is 5.69 Å². The highest BCUT2D eigenvalue weighted by molar-refractivity contribution is 5.93. The van der Waals surface area contributed by atoms with Gasteiger partial charge in [0.05, 0.1) is 23.1 Å².